The monoisotopic (exact) mass is 189 g/mol. The van der Waals surface area contributed by atoms with E-state index in [0.29, 0.717) is 6.61 Å². The zero-order chi connectivity index (χ0) is 10.6. The molecule has 0 aromatic rings. The van der Waals surface area contributed by atoms with E-state index in [1.165, 1.54) is 11.8 Å². The predicted molar refractivity (Wildman–Crippen MR) is 50.4 cm³/mol. The minimum atomic E-state index is -1.44. The van der Waals surface area contributed by atoms with Gasteiger partial charge in [0.25, 0.3) is 5.91 Å². The first-order valence-corrected chi connectivity index (χ1v) is 4.39. The van der Waals surface area contributed by atoms with Gasteiger partial charge in [0.15, 0.2) is 5.60 Å². The molecule has 0 spiro atoms. The zero-order valence-electron chi connectivity index (χ0n) is 9.00. The quantitative estimate of drug-likeness (QED) is 0.689. The molecular weight excluding hydrogens is 170 g/mol. The maximum atomic E-state index is 11.5. The Kier molecular flexibility index (Phi) is 4.36. The molecule has 0 aromatic carbocycles. The first kappa shape index (κ1) is 12.4. The van der Waals surface area contributed by atoms with Gasteiger partial charge in [-0.2, -0.15) is 0 Å². The Labute approximate surface area is 79.5 Å². The minimum absolute atomic E-state index is 0.339. The summed E-state index contributed by atoms with van der Waals surface area (Å²) < 4.78 is 5.18. The van der Waals surface area contributed by atoms with Crippen LogP contribution < -0.4 is 0 Å². The molecule has 78 valence electrons. The summed E-state index contributed by atoms with van der Waals surface area (Å²) in [6, 6.07) is 0. The van der Waals surface area contributed by atoms with E-state index in [2.05, 4.69) is 0 Å². The van der Waals surface area contributed by atoms with Crippen LogP contribution in [0, 0.1) is 0 Å². The maximum absolute atomic E-state index is 11.5. The number of likely N-dealkylation sites (N-methyl/N-ethyl adjacent to an activating group) is 1. The van der Waals surface area contributed by atoms with Crippen LogP contribution in [0.15, 0.2) is 0 Å². The molecule has 4 heteroatoms. The Bertz CT molecular complexity index is 178. The predicted octanol–water partition coefficient (Wildman–Crippen LogP) is 0.251. The van der Waals surface area contributed by atoms with Crippen LogP contribution in [0.2, 0.25) is 0 Å². The van der Waals surface area contributed by atoms with Gasteiger partial charge in [-0.3, -0.25) is 4.79 Å². The van der Waals surface area contributed by atoms with Crippen LogP contribution in [0.5, 0.6) is 0 Å². The normalized spacial score (nSPS) is 17.7. The molecule has 0 aromatic heterocycles. The molecule has 1 N–H and O–H groups in total. The molecule has 0 radical (unpaired) electrons. The molecule has 0 heterocycles. The van der Waals surface area contributed by atoms with Gasteiger partial charge in [-0.05, 0) is 20.8 Å². The maximum Gasteiger partial charge on any atom is 0.256 e. The van der Waals surface area contributed by atoms with Crippen molar-refractivity contribution in [2.75, 3.05) is 20.7 Å². The highest BCUT2D eigenvalue weighted by molar-refractivity contribution is 5.84. The summed E-state index contributed by atoms with van der Waals surface area (Å²) >= 11 is 0. The molecular formula is C9H19NO3. The van der Waals surface area contributed by atoms with Gasteiger partial charge < -0.3 is 14.7 Å². The minimum Gasteiger partial charge on any atom is -0.378 e. The highest BCUT2D eigenvalue weighted by atomic mass is 16.5. The lowest BCUT2D eigenvalue weighted by Crippen LogP contribution is -2.52. The first-order valence-electron chi connectivity index (χ1n) is 4.39. The molecule has 2 atom stereocenters. The third kappa shape index (κ3) is 2.97. The van der Waals surface area contributed by atoms with Gasteiger partial charge >= 0.3 is 0 Å². The number of aliphatic hydroxyl groups is 1. The van der Waals surface area contributed by atoms with E-state index < -0.39 is 11.7 Å². The second-order valence-electron chi connectivity index (χ2n) is 3.44. The summed E-state index contributed by atoms with van der Waals surface area (Å²) in [4.78, 5) is 12.8. The van der Waals surface area contributed by atoms with Crippen molar-refractivity contribution in [3.63, 3.8) is 0 Å². The van der Waals surface area contributed by atoms with Crippen molar-refractivity contribution in [1.29, 1.82) is 0 Å². The van der Waals surface area contributed by atoms with Crippen molar-refractivity contribution in [2.45, 2.75) is 32.5 Å². The number of nitrogens with zero attached hydrogens (tertiary/aromatic N) is 1. The number of carbonyl (C=O) groups excluding carboxylic acids is 1. The van der Waals surface area contributed by atoms with Gasteiger partial charge in [0.1, 0.15) is 0 Å². The van der Waals surface area contributed by atoms with E-state index in [9.17, 15) is 9.90 Å². The number of amides is 1. The molecule has 0 saturated carbocycles. The molecule has 2 unspecified atom stereocenters. The SMILES string of the molecule is CCOC(C)C(C)(O)C(=O)N(C)C. The van der Waals surface area contributed by atoms with Gasteiger partial charge in [0, 0.05) is 20.7 Å². The van der Waals surface area contributed by atoms with E-state index in [-0.39, 0.29) is 5.91 Å². The van der Waals surface area contributed by atoms with Gasteiger partial charge in [-0.1, -0.05) is 0 Å². The van der Waals surface area contributed by atoms with Gasteiger partial charge in [0.05, 0.1) is 6.10 Å². The third-order valence-electron chi connectivity index (χ3n) is 2.05. The van der Waals surface area contributed by atoms with Crippen LogP contribution in [0.25, 0.3) is 0 Å². The van der Waals surface area contributed by atoms with Crippen LogP contribution in [-0.2, 0) is 9.53 Å². The lowest BCUT2D eigenvalue weighted by Gasteiger charge is -2.30. The summed E-state index contributed by atoms with van der Waals surface area (Å²) in [5.41, 5.74) is -1.44. The first-order chi connectivity index (χ1) is 5.84. The van der Waals surface area contributed by atoms with Gasteiger partial charge in [0.2, 0.25) is 0 Å². The molecule has 4 nitrogen and oxygen atoms in total. The molecule has 0 fully saturated rings. The number of hydrogen-bond donors (Lipinski definition) is 1. The third-order valence-corrected chi connectivity index (χ3v) is 2.05. The largest absolute Gasteiger partial charge is 0.378 e. The van der Waals surface area contributed by atoms with Gasteiger partial charge in [-0.25, -0.2) is 0 Å². The summed E-state index contributed by atoms with van der Waals surface area (Å²) in [5, 5.41) is 9.84. The van der Waals surface area contributed by atoms with Crippen LogP contribution in [0.4, 0.5) is 0 Å². The lowest BCUT2D eigenvalue weighted by atomic mass is 9.99. The van der Waals surface area contributed by atoms with Crippen molar-refractivity contribution >= 4 is 5.91 Å². The molecule has 0 aliphatic rings. The summed E-state index contributed by atoms with van der Waals surface area (Å²) in [6.07, 6.45) is -0.493. The molecule has 0 aliphatic heterocycles. The van der Waals surface area contributed by atoms with E-state index in [1.54, 1.807) is 21.0 Å². The van der Waals surface area contributed by atoms with Gasteiger partial charge in [-0.15, -0.1) is 0 Å². The fraction of sp³-hybridized carbons (Fsp3) is 0.889. The Balaban J connectivity index is 4.45. The number of rotatable bonds is 4. The molecule has 0 bridgehead atoms. The summed E-state index contributed by atoms with van der Waals surface area (Å²) in [5.74, 6) is -0.339. The molecule has 0 saturated heterocycles. The average Bonchev–Trinajstić information content (AvgIpc) is 2.03. The second kappa shape index (κ2) is 4.58. The lowest BCUT2D eigenvalue weighted by molar-refractivity contribution is -0.161. The van der Waals surface area contributed by atoms with Crippen molar-refractivity contribution in [2.24, 2.45) is 0 Å². The fourth-order valence-electron chi connectivity index (χ4n) is 1.04. The highest BCUT2D eigenvalue weighted by Crippen LogP contribution is 2.15. The van der Waals surface area contributed by atoms with Crippen LogP contribution in [0.1, 0.15) is 20.8 Å². The van der Waals surface area contributed by atoms with Crippen molar-refractivity contribution < 1.29 is 14.6 Å². The van der Waals surface area contributed by atoms with Crippen LogP contribution in [-0.4, -0.2) is 48.3 Å². The van der Waals surface area contributed by atoms with E-state index in [0.717, 1.165) is 0 Å². The Morgan fingerprint density at radius 3 is 2.38 bits per heavy atom. The average molecular weight is 189 g/mol. The Morgan fingerprint density at radius 2 is 2.08 bits per heavy atom. The Morgan fingerprint density at radius 1 is 1.62 bits per heavy atom. The summed E-state index contributed by atoms with van der Waals surface area (Å²) in [7, 11) is 3.21. The number of hydrogen-bond acceptors (Lipinski definition) is 3. The highest BCUT2D eigenvalue weighted by Gasteiger charge is 2.38. The topological polar surface area (TPSA) is 49.8 Å². The van der Waals surface area contributed by atoms with Crippen LogP contribution in [0.3, 0.4) is 0 Å². The van der Waals surface area contributed by atoms with E-state index in [1.807, 2.05) is 6.92 Å². The Hall–Kier alpha value is -0.610. The summed E-state index contributed by atoms with van der Waals surface area (Å²) in [6.45, 7) is 5.46. The molecule has 0 aliphatic carbocycles. The second-order valence-corrected chi connectivity index (χ2v) is 3.44. The molecule has 1 amide bonds. The van der Waals surface area contributed by atoms with Crippen molar-refractivity contribution in [3.8, 4) is 0 Å². The standard InChI is InChI=1S/C9H19NO3/c1-6-13-7(2)9(3,12)8(11)10(4)5/h7,12H,6H2,1-5H3. The van der Waals surface area contributed by atoms with Crippen molar-refractivity contribution in [1.82, 2.24) is 4.90 Å². The van der Waals surface area contributed by atoms with Crippen molar-refractivity contribution in [3.05, 3.63) is 0 Å². The fourth-order valence-corrected chi connectivity index (χ4v) is 1.04. The zero-order valence-corrected chi connectivity index (χ0v) is 9.00. The number of ether oxygens (including phenoxy) is 1. The molecule has 13 heavy (non-hydrogen) atoms. The van der Waals surface area contributed by atoms with E-state index in [4.69, 9.17) is 4.74 Å². The smallest absolute Gasteiger partial charge is 0.256 e. The van der Waals surface area contributed by atoms with E-state index >= 15 is 0 Å². The molecule has 0 rings (SSSR count). The van der Waals surface area contributed by atoms with Crippen LogP contribution >= 0.6 is 0 Å². The number of carbonyl (C=O) groups is 1.